The zero-order chi connectivity index (χ0) is 14.4. The third-order valence-corrected chi connectivity index (χ3v) is 4.03. The summed E-state index contributed by atoms with van der Waals surface area (Å²) in [6.45, 7) is 6.34. The Labute approximate surface area is 118 Å². The Morgan fingerprint density at radius 3 is 2.65 bits per heavy atom. The van der Waals surface area contributed by atoms with Crippen LogP contribution in [0.5, 0.6) is 0 Å². The van der Waals surface area contributed by atoms with Gasteiger partial charge in [0.2, 0.25) is 0 Å². The fourth-order valence-electron chi connectivity index (χ4n) is 2.85. The predicted octanol–water partition coefficient (Wildman–Crippen LogP) is 2.99. The van der Waals surface area contributed by atoms with E-state index in [1.807, 2.05) is 39.0 Å². The molecule has 1 aromatic carbocycles. The summed E-state index contributed by atoms with van der Waals surface area (Å²) in [5.41, 5.74) is 10.2. The smallest absolute Gasteiger partial charge is 0.262 e. The van der Waals surface area contributed by atoms with Crippen molar-refractivity contribution >= 4 is 17.3 Å². The number of nitrogens with zero attached hydrogens (tertiary/aromatic N) is 1. The number of hydrogen-bond acceptors (Lipinski definition) is 3. The number of nitrogens with two attached hydrogens (primary N) is 1. The van der Waals surface area contributed by atoms with E-state index in [9.17, 15) is 4.79 Å². The molecule has 4 heteroatoms. The molecule has 104 valence electrons. The van der Waals surface area contributed by atoms with Gasteiger partial charge >= 0.3 is 0 Å². The number of hydrogen-bond donors (Lipinski definition) is 1. The van der Waals surface area contributed by atoms with Gasteiger partial charge in [-0.15, -0.1) is 0 Å². The summed E-state index contributed by atoms with van der Waals surface area (Å²) in [5.74, 6) is 1.49. The maximum atomic E-state index is 12.8. The van der Waals surface area contributed by atoms with Crippen LogP contribution in [-0.4, -0.2) is 12.5 Å². The van der Waals surface area contributed by atoms with Crippen LogP contribution < -0.4 is 10.6 Å². The van der Waals surface area contributed by atoms with Crippen LogP contribution in [0.2, 0.25) is 0 Å². The van der Waals surface area contributed by atoms with E-state index in [1.165, 1.54) is 5.56 Å². The lowest BCUT2D eigenvalue weighted by Gasteiger charge is -2.17. The maximum absolute atomic E-state index is 12.8. The molecule has 3 rings (SSSR count). The highest BCUT2D eigenvalue weighted by Gasteiger charge is 2.29. The number of fused-ring (bicyclic) bond motifs is 1. The van der Waals surface area contributed by atoms with Crippen molar-refractivity contribution in [2.24, 2.45) is 0 Å². The van der Waals surface area contributed by atoms with E-state index < -0.39 is 0 Å². The summed E-state index contributed by atoms with van der Waals surface area (Å²) in [4.78, 5) is 14.6. The van der Waals surface area contributed by atoms with Gasteiger partial charge in [-0.25, -0.2) is 0 Å². The summed E-state index contributed by atoms with van der Waals surface area (Å²) in [6.07, 6.45) is 0.871. The van der Waals surface area contributed by atoms with Crippen LogP contribution in [0.4, 0.5) is 11.4 Å². The number of rotatable bonds is 1. The normalized spacial score (nSPS) is 13.7. The molecule has 1 aliphatic heterocycles. The number of furan rings is 1. The standard InChI is InChI=1S/C16H18N2O2/c1-9-10(2)20-11(3)15(9)16(19)18-7-6-12-4-5-13(17)8-14(12)18/h4-5,8H,6-7,17H2,1-3H3. The molecule has 0 atom stereocenters. The van der Waals surface area contributed by atoms with Crippen LogP contribution in [0.3, 0.4) is 0 Å². The highest BCUT2D eigenvalue weighted by atomic mass is 16.3. The second-order valence-corrected chi connectivity index (χ2v) is 5.31. The van der Waals surface area contributed by atoms with Crippen LogP contribution in [0.25, 0.3) is 0 Å². The molecule has 0 fully saturated rings. The van der Waals surface area contributed by atoms with Gasteiger partial charge in [0.15, 0.2) is 0 Å². The van der Waals surface area contributed by atoms with Gasteiger partial charge in [0, 0.05) is 23.5 Å². The van der Waals surface area contributed by atoms with Crippen LogP contribution in [-0.2, 0) is 6.42 Å². The molecule has 2 heterocycles. The van der Waals surface area contributed by atoms with E-state index in [4.69, 9.17) is 10.2 Å². The largest absolute Gasteiger partial charge is 0.466 e. The molecule has 0 bridgehead atoms. The van der Waals surface area contributed by atoms with E-state index >= 15 is 0 Å². The van der Waals surface area contributed by atoms with E-state index in [0.717, 1.165) is 23.4 Å². The first-order valence-electron chi connectivity index (χ1n) is 6.76. The van der Waals surface area contributed by atoms with E-state index in [-0.39, 0.29) is 5.91 Å². The van der Waals surface area contributed by atoms with Crippen LogP contribution in [0.15, 0.2) is 22.6 Å². The average molecular weight is 270 g/mol. The molecule has 1 amide bonds. The first-order valence-corrected chi connectivity index (χ1v) is 6.76. The first kappa shape index (κ1) is 12.8. The van der Waals surface area contributed by atoms with Gasteiger partial charge in [-0.05, 0) is 44.9 Å². The molecule has 1 aliphatic rings. The Kier molecular flexibility index (Phi) is 2.82. The molecular formula is C16H18N2O2. The molecule has 0 radical (unpaired) electrons. The van der Waals surface area contributed by atoms with Crippen LogP contribution in [0.1, 0.15) is 33.0 Å². The Hall–Kier alpha value is -2.23. The molecule has 0 saturated heterocycles. The highest BCUT2D eigenvalue weighted by molar-refractivity contribution is 6.09. The Balaban J connectivity index is 2.04. The highest BCUT2D eigenvalue weighted by Crippen LogP contribution is 2.33. The topological polar surface area (TPSA) is 59.5 Å². The van der Waals surface area contributed by atoms with Gasteiger partial charge in [0.05, 0.1) is 5.56 Å². The second-order valence-electron chi connectivity index (χ2n) is 5.31. The van der Waals surface area contributed by atoms with Crippen LogP contribution in [0, 0.1) is 20.8 Å². The van der Waals surface area contributed by atoms with Crippen molar-refractivity contribution < 1.29 is 9.21 Å². The number of carbonyl (C=O) groups excluding carboxylic acids is 1. The number of nitrogen functional groups attached to an aromatic ring is 1. The van der Waals surface area contributed by atoms with Gasteiger partial charge in [-0.2, -0.15) is 0 Å². The Morgan fingerprint density at radius 1 is 1.25 bits per heavy atom. The quantitative estimate of drug-likeness (QED) is 0.810. The van der Waals surface area contributed by atoms with E-state index in [0.29, 0.717) is 23.6 Å². The SMILES string of the molecule is Cc1oc(C)c(C(=O)N2CCc3ccc(N)cc32)c1C. The van der Waals surface area contributed by atoms with Gasteiger partial charge in [-0.1, -0.05) is 6.07 Å². The van der Waals surface area contributed by atoms with E-state index in [2.05, 4.69) is 0 Å². The molecule has 0 aliphatic carbocycles. The van der Waals surface area contributed by atoms with Crippen molar-refractivity contribution in [2.75, 3.05) is 17.2 Å². The minimum atomic E-state index is 0.00111. The van der Waals surface area contributed by atoms with Crippen molar-refractivity contribution in [3.05, 3.63) is 46.4 Å². The minimum absolute atomic E-state index is 0.00111. The maximum Gasteiger partial charge on any atom is 0.262 e. The molecule has 0 spiro atoms. The minimum Gasteiger partial charge on any atom is -0.466 e. The number of carbonyl (C=O) groups is 1. The second kappa shape index (κ2) is 4.40. The molecule has 1 aromatic heterocycles. The van der Waals surface area contributed by atoms with Crippen molar-refractivity contribution in [1.82, 2.24) is 0 Å². The number of aryl methyl sites for hydroxylation is 2. The summed E-state index contributed by atoms with van der Waals surface area (Å²) in [6, 6.07) is 5.75. The lowest BCUT2D eigenvalue weighted by molar-refractivity contribution is 0.0987. The predicted molar refractivity (Wildman–Crippen MR) is 79.2 cm³/mol. The third kappa shape index (κ3) is 1.80. The third-order valence-electron chi connectivity index (χ3n) is 4.03. The zero-order valence-electron chi connectivity index (χ0n) is 12.0. The molecule has 20 heavy (non-hydrogen) atoms. The first-order chi connectivity index (χ1) is 9.49. The molecular weight excluding hydrogens is 252 g/mol. The summed E-state index contributed by atoms with van der Waals surface area (Å²) in [5, 5.41) is 0. The lowest BCUT2D eigenvalue weighted by atomic mass is 10.1. The Morgan fingerprint density at radius 2 is 2.00 bits per heavy atom. The van der Waals surface area contributed by atoms with Gasteiger partial charge in [-0.3, -0.25) is 4.79 Å². The van der Waals surface area contributed by atoms with Crippen molar-refractivity contribution in [3.8, 4) is 0 Å². The number of benzene rings is 1. The molecule has 2 N–H and O–H groups in total. The zero-order valence-corrected chi connectivity index (χ0v) is 12.0. The van der Waals surface area contributed by atoms with Crippen molar-refractivity contribution in [3.63, 3.8) is 0 Å². The summed E-state index contributed by atoms with van der Waals surface area (Å²) < 4.78 is 5.57. The van der Waals surface area contributed by atoms with Gasteiger partial charge in [0.1, 0.15) is 11.5 Å². The fraction of sp³-hybridized carbons (Fsp3) is 0.312. The van der Waals surface area contributed by atoms with Crippen LogP contribution >= 0.6 is 0 Å². The summed E-state index contributed by atoms with van der Waals surface area (Å²) >= 11 is 0. The Bertz CT molecular complexity index is 701. The molecule has 2 aromatic rings. The molecule has 0 saturated carbocycles. The van der Waals surface area contributed by atoms with E-state index in [1.54, 1.807) is 4.90 Å². The molecule has 0 unspecified atom stereocenters. The fourth-order valence-corrected chi connectivity index (χ4v) is 2.85. The number of anilines is 2. The average Bonchev–Trinajstić information content (AvgIpc) is 2.91. The lowest BCUT2D eigenvalue weighted by Crippen LogP contribution is -2.29. The molecule has 4 nitrogen and oxygen atoms in total. The van der Waals surface area contributed by atoms with Gasteiger partial charge < -0.3 is 15.1 Å². The number of amides is 1. The van der Waals surface area contributed by atoms with Gasteiger partial charge in [0.25, 0.3) is 5.91 Å². The van der Waals surface area contributed by atoms with Crippen molar-refractivity contribution in [2.45, 2.75) is 27.2 Å². The monoisotopic (exact) mass is 270 g/mol. The summed E-state index contributed by atoms with van der Waals surface area (Å²) in [7, 11) is 0. The van der Waals surface area contributed by atoms with Crippen molar-refractivity contribution in [1.29, 1.82) is 0 Å².